The molecule has 5 heteroatoms. The number of benzene rings is 1. The molecule has 4 aromatic heterocycles. The summed E-state index contributed by atoms with van der Waals surface area (Å²) in [5.41, 5.74) is 7.19. The van der Waals surface area contributed by atoms with Gasteiger partial charge in [0, 0.05) is 30.4 Å². The number of aromatic nitrogens is 5. The predicted molar refractivity (Wildman–Crippen MR) is 94.6 cm³/mol. The van der Waals surface area contributed by atoms with Crippen LogP contribution in [0.1, 0.15) is 5.56 Å². The molecule has 0 bridgehead atoms. The topological polar surface area (TPSA) is 39.0 Å². The van der Waals surface area contributed by atoms with Crippen LogP contribution < -0.4 is 4.57 Å². The molecule has 118 valence electrons. The summed E-state index contributed by atoms with van der Waals surface area (Å²) in [6.07, 6.45) is 11.8. The van der Waals surface area contributed by atoms with Crippen molar-refractivity contribution in [1.29, 1.82) is 0 Å². The van der Waals surface area contributed by atoms with E-state index >= 15 is 0 Å². The van der Waals surface area contributed by atoms with Gasteiger partial charge in [-0.1, -0.05) is 18.2 Å². The van der Waals surface area contributed by atoms with Gasteiger partial charge >= 0.3 is 0 Å². The van der Waals surface area contributed by atoms with E-state index in [4.69, 9.17) is 0 Å². The predicted octanol–water partition coefficient (Wildman–Crippen LogP) is 2.99. The third-order valence-corrected chi connectivity index (χ3v) is 5.00. The van der Waals surface area contributed by atoms with Crippen molar-refractivity contribution in [1.82, 2.24) is 18.9 Å². The molecule has 6 rings (SSSR count). The Bertz CT molecular complexity index is 1260. The third kappa shape index (κ3) is 1.59. The number of imidazole rings is 1. The average molecular weight is 324 g/mol. The van der Waals surface area contributed by atoms with Gasteiger partial charge in [-0.05, 0) is 18.2 Å². The van der Waals surface area contributed by atoms with E-state index in [0.29, 0.717) is 0 Å². The van der Waals surface area contributed by atoms with Crippen LogP contribution in [0.5, 0.6) is 0 Å². The van der Waals surface area contributed by atoms with Crippen LogP contribution >= 0.6 is 0 Å². The molecule has 25 heavy (non-hydrogen) atoms. The Morgan fingerprint density at radius 3 is 2.72 bits per heavy atom. The molecule has 0 fully saturated rings. The lowest BCUT2D eigenvalue weighted by Crippen LogP contribution is -2.31. The van der Waals surface area contributed by atoms with Crippen molar-refractivity contribution in [3.63, 3.8) is 0 Å². The van der Waals surface area contributed by atoms with E-state index in [2.05, 4.69) is 66.1 Å². The van der Waals surface area contributed by atoms with E-state index in [0.717, 1.165) is 17.7 Å². The molecule has 0 atom stereocenters. The molecule has 1 aromatic carbocycles. The summed E-state index contributed by atoms with van der Waals surface area (Å²) in [5.74, 6) is 1.21. The highest BCUT2D eigenvalue weighted by Gasteiger charge is 2.36. The van der Waals surface area contributed by atoms with E-state index in [-0.39, 0.29) is 0 Å². The fraction of sp³-hybridized carbons (Fsp3) is 0.0500. The van der Waals surface area contributed by atoms with Crippen LogP contribution in [-0.4, -0.2) is 18.9 Å². The summed E-state index contributed by atoms with van der Waals surface area (Å²) in [5, 5.41) is 0. The molecule has 0 spiro atoms. The molecular weight excluding hydrogens is 310 g/mol. The Morgan fingerprint density at radius 1 is 0.920 bits per heavy atom. The van der Waals surface area contributed by atoms with Crippen molar-refractivity contribution in [2.45, 2.75) is 6.54 Å². The van der Waals surface area contributed by atoms with Crippen LogP contribution in [0.3, 0.4) is 0 Å². The van der Waals surface area contributed by atoms with Crippen LogP contribution in [0.25, 0.3) is 33.6 Å². The maximum absolute atomic E-state index is 4.34. The zero-order valence-corrected chi connectivity index (χ0v) is 13.4. The maximum Gasteiger partial charge on any atom is 0.296 e. The lowest BCUT2D eigenvalue weighted by molar-refractivity contribution is -0.645. The van der Waals surface area contributed by atoms with Crippen LogP contribution in [0.4, 0.5) is 0 Å². The van der Waals surface area contributed by atoms with Crippen LogP contribution in [0.2, 0.25) is 0 Å². The summed E-state index contributed by atoms with van der Waals surface area (Å²) < 4.78 is 6.87. The highest BCUT2D eigenvalue weighted by molar-refractivity contribution is 5.92. The lowest BCUT2D eigenvalue weighted by atomic mass is 10.1. The second-order valence-corrected chi connectivity index (χ2v) is 6.35. The first-order valence-corrected chi connectivity index (χ1v) is 8.29. The van der Waals surface area contributed by atoms with Gasteiger partial charge in [0.25, 0.3) is 5.82 Å². The standard InChI is InChI=1S/C20H14N5/c1-2-4-15(5-3-1)25-18-13-23-9-8-22-11-17(23)19(18)24-12-14-10-21-7-6-16(14)20(24)25/h1-11,13H,12H2/q+1. The van der Waals surface area contributed by atoms with Crippen LogP contribution in [0.15, 0.2) is 73.6 Å². The highest BCUT2D eigenvalue weighted by Crippen LogP contribution is 2.35. The van der Waals surface area contributed by atoms with E-state index in [1.807, 2.05) is 31.0 Å². The van der Waals surface area contributed by atoms with Gasteiger partial charge < -0.3 is 4.40 Å². The maximum atomic E-state index is 4.34. The number of hydrogen-bond donors (Lipinski definition) is 0. The molecule has 0 N–H and O–H groups in total. The number of pyridine rings is 1. The van der Waals surface area contributed by atoms with Gasteiger partial charge in [0.2, 0.25) is 5.52 Å². The third-order valence-electron chi connectivity index (χ3n) is 5.00. The summed E-state index contributed by atoms with van der Waals surface area (Å²) in [7, 11) is 0. The summed E-state index contributed by atoms with van der Waals surface area (Å²) in [6, 6.07) is 12.6. The molecule has 0 saturated carbocycles. The van der Waals surface area contributed by atoms with Crippen molar-refractivity contribution >= 4 is 16.6 Å². The van der Waals surface area contributed by atoms with Crippen LogP contribution in [-0.2, 0) is 6.54 Å². The smallest absolute Gasteiger partial charge is 0.296 e. The van der Waals surface area contributed by atoms with E-state index in [9.17, 15) is 0 Å². The van der Waals surface area contributed by atoms with Crippen molar-refractivity contribution < 1.29 is 4.57 Å². The Kier molecular flexibility index (Phi) is 2.34. The van der Waals surface area contributed by atoms with Gasteiger partial charge in [-0.3, -0.25) is 9.97 Å². The molecule has 0 saturated heterocycles. The number of nitrogens with zero attached hydrogens (tertiary/aromatic N) is 5. The quantitative estimate of drug-likeness (QED) is 0.436. The number of para-hydroxylation sites is 1. The minimum Gasteiger partial charge on any atom is -0.313 e. The Labute approximate surface area is 143 Å². The van der Waals surface area contributed by atoms with Crippen molar-refractivity contribution in [3.05, 3.63) is 79.1 Å². The van der Waals surface area contributed by atoms with Gasteiger partial charge in [-0.2, -0.15) is 4.57 Å². The number of rotatable bonds is 1. The molecule has 5 nitrogen and oxygen atoms in total. The minimum atomic E-state index is 0.837. The minimum absolute atomic E-state index is 0.837. The molecule has 1 aliphatic heterocycles. The first-order chi connectivity index (χ1) is 12.4. The normalized spacial score (nSPS) is 12.6. The molecular formula is C20H14N5+. The molecule has 0 unspecified atom stereocenters. The Hall–Kier alpha value is -3.47. The second kappa shape index (κ2) is 4.54. The van der Waals surface area contributed by atoms with Crippen LogP contribution in [0, 0.1) is 0 Å². The van der Waals surface area contributed by atoms with Gasteiger partial charge in [-0.15, -0.1) is 0 Å². The molecule has 1 aliphatic rings. The molecule has 0 radical (unpaired) electrons. The van der Waals surface area contributed by atoms with E-state index in [1.165, 1.54) is 28.0 Å². The fourth-order valence-electron chi connectivity index (χ4n) is 3.97. The average Bonchev–Trinajstić information content (AvgIpc) is 3.29. The second-order valence-electron chi connectivity index (χ2n) is 6.35. The molecule has 0 aliphatic carbocycles. The lowest BCUT2D eigenvalue weighted by Gasteiger charge is -2.01. The Balaban J connectivity index is 1.83. The van der Waals surface area contributed by atoms with Crippen molar-refractivity contribution in [3.8, 4) is 17.1 Å². The molecule has 5 aromatic rings. The van der Waals surface area contributed by atoms with Gasteiger partial charge in [0.05, 0.1) is 18.0 Å². The van der Waals surface area contributed by atoms with Crippen molar-refractivity contribution in [2.75, 3.05) is 0 Å². The van der Waals surface area contributed by atoms with E-state index < -0.39 is 0 Å². The monoisotopic (exact) mass is 324 g/mol. The zero-order chi connectivity index (χ0) is 16.4. The van der Waals surface area contributed by atoms with E-state index in [1.54, 1.807) is 0 Å². The summed E-state index contributed by atoms with van der Waals surface area (Å²) in [6.45, 7) is 0.837. The van der Waals surface area contributed by atoms with Gasteiger partial charge in [0.15, 0.2) is 5.52 Å². The highest BCUT2D eigenvalue weighted by atomic mass is 15.2. The van der Waals surface area contributed by atoms with Gasteiger partial charge in [-0.25, -0.2) is 4.57 Å². The first-order valence-electron chi connectivity index (χ1n) is 8.29. The summed E-state index contributed by atoms with van der Waals surface area (Å²) >= 11 is 0. The Morgan fingerprint density at radius 2 is 1.80 bits per heavy atom. The first kappa shape index (κ1) is 12.9. The fourth-order valence-corrected chi connectivity index (χ4v) is 3.97. The SMILES string of the molecule is c1ccc(-n2c3[n+](c4c2cn2ccncc42)Cc2cnccc2-3)cc1. The molecule has 0 amide bonds. The number of fused-ring (bicyclic) bond motifs is 7. The molecule has 5 heterocycles. The van der Waals surface area contributed by atoms with Crippen molar-refractivity contribution in [2.24, 2.45) is 0 Å². The van der Waals surface area contributed by atoms with Gasteiger partial charge in [0.1, 0.15) is 17.7 Å². The number of hydrogen-bond acceptors (Lipinski definition) is 2. The zero-order valence-electron chi connectivity index (χ0n) is 13.4. The largest absolute Gasteiger partial charge is 0.313 e. The summed E-state index contributed by atoms with van der Waals surface area (Å²) in [4.78, 5) is 8.65.